The molecular formula is C22H27ClN6O. The number of pyridine rings is 1. The number of carbonyl (C=O) groups excluding carboxylic acids is 1. The highest BCUT2D eigenvalue weighted by molar-refractivity contribution is 6.30. The van der Waals surface area contributed by atoms with Crippen molar-refractivity contribution < 1.29 is 4.79 Å². The molecule has 0 spiro atoms. The zero-order chi connectivity index (χ0) is 21.7. The summed E-state index contributed by atoms with van der Waals surface area (Å²) in [6, 6.07) is 10.5. The van der Waals surface area contributed by atoms with Crippen molar-refractivity contribution in [1.29, 1.82) is 5.26 Å². The number of halogens is 1. The van der Waals surface area contributed by atoms with Gasteiger partial charge in [-0.1, -0.05) is 45.2 Å². The standard InChI is InChI=1S/C22H27ClN6O/c1-4-5-12-22(2,3)20(26-19(30)16-8-10-17(23)11-9-16)27-21-28(15-24)29(21)18-7-6-13-25-14-18/h6-11,13-14,20-21,27H,4-5,12H2,1-3H3,(H,26,30). The Morgan fingerprint density at radius 2 is 2.07 bits per heavy atom. The molecule has 1 saturated heterocycles. The van der Waals surface area contributed by atoms with Crippen molar-refractivity contribution in [2.75, 3.05) is 5.01 Å². The zero-order valence-electron chi connectivity index (χ0n) is 17.5. The predicted octanol–water partition coefficient (Wildman–Crippen LogP) is 4.10. The minimum atomic E-state index is -0.352. The molecule has 0 saturated carbocycles. The number of nitriles is 1. The van der Waals surface area contributed by atoms with Crippen LogP contribution in [-0.4, -0.2) is 28.4 Å². The lowest BCUT2D eigenvalue weighted by atomic mass is 9.83. The van der Waals surface area contributed by atoms with Crippen LogP contribution in [0, 0.1) is 16.9 Å². The third kappa shape index (κ3) is 5.02. The topological polar surface area (TPSA) is 83.8 Å². The van der Waals surface area contributed by atoms with Gasteiger partial charge in [0.25, 0.3) is 5.91 Å². The molecule has 0 aliphatic carbocycles. The van der Waals surface area contributed by atoms with Crippen molar-refractivity contribution >= 4 is 23.2 Å². The maximum absolute atomic E-state index is 12.9. The largest absolute Gasteiger partial charge is 0.336 e. The maximum Gasteiger partial charge on any atom is 0.252 e. The molecule has 2 atom stereocenters. The number of nitrogens with one attached hydrogen (secondary N) is 2. The Bertz CT molecular complexity index is 896. The number of benzene rings is 1. The van der Waals surface area contributed by atoms with E-state index in [2.05, 4.69) is 42.6 Å². The van der Waals surface area contributed by atoms with Gasteiger partial charge in [0.1, 0.15) is 0 Å². The van der Waals surface area contributed by atoms with E-state index in [-0.39, 0.29) is 23.8 Å². The van der Waals surface area contributed by atoms with E-state index in [1.165, 1.54) is 5.01 Å². The van der Waals surface area contributed by atoms with Crippen LogP contribution in [0.15, 0.2) is 48.8 Å². The SMILES string of the molecule is CCCCC(C)(C)C(NC(=O)c1ccc(Cl)cc1)NC1N(C#N)N1c1cccnc1. The van der Waals surface area contributed by atoms with Gasteiger partial charge in [-0.3, -0.25) is 15.1 Å². The molecule has 1 aromatic heterocycles. The first kappa shape index (κ1) is 21.9. The second-order valence-electron chi connectivity index (χ2n) is 8.05. The van der Waals surface area contributed by atoms with Gasteiger partial charge in [0.2, 0.25) is 12.5 Å². The number of rotatable bonds is 9. The van der Waals surface area contributed by atoms with Gasteiger partial charge in [-0.15, -0.1) is 0 Å². The van der Waals surface area contributed by atoms with E-state index < -0.39 is 0 Å². The molecule has 1 amide bonds. The predicted molar refractivity (Wildman–Crippen MR) is 117 cm³/mol. The van der Waals surface area contributed by atoms with E-state index in [9.17, 15) is 10.1 Å². The summed E-state index contributed by atoms with van der Waals surface area (Å²) in [4.78, 5) is 17.0. The number of aromatic nitrogens is 1. The van der Waals surface area contributed by atoms with Crippen LogP contribution in [-0.2, 0) is 0 Å². The van der Waals surface area contributed by atoms with Gasteiger partial charge >= 0.3 is 0 Å². The van der Waals surface area contributed by atoms with Gasteiger partial charge in [0.05, 0.1) is 18.1 Å². The second kappa shape index (κ2) is 9.33. The van der Waals surface area contributed by atoms with Crippen molar-refractivity contribution in [2.24, 2.45) is 5.41 Å². The van der Waals surface area contributed by atoms with Gasteiger partial charge in [-0.2, -0.15) is 10.3 Å². The van der Waals surface area contributed by atoms with E-state index in [1.807, 2.05) is 17.1 Å². The van der Waals surface area contributed by atoms with Crippen LogP contribution in [0.4, 0.5) is 5.69 Å². The van der Waals surface area contributed by atoms with Crippen LogP contribution in [0.5, 0.6) is 0 Å². The molecular weight excluding hydrogens is 400 g/mol. The van der Waals surface area contributed by atoms with Crippen molar-refractivity contribution in [1.82, 2.24) is 20.6 Å². The molecule has 2 aromatic rings. The van der Waals surface area contributed by atoms with Crippen molar-refractivity contribution in [2.45, 2.75) is 52.5 Å². The van der Waals surface area contributed by atoms with Gasteiger partial charge in [0, 0.05) is 16.8 Å². The summed E-state index contributed by atoms with van der Waals surface area (Å²) >= 11 is 5.94. The highest BCUT2D eigenvalue weighted by atomic mass is 35.5. The van der Waals surface area contributed by atoms with E-state index >= 15 is 0 Å². The number of anilines is 1. The van der Waals surface area contributed by atoms with E-state index in [0.29, 0.717) is 10.6 Å². The fraction of sp³-hybridized carbons (Fsp3) is 0.409. The molecule has 1 aliphatic rings. The lowest BCUT2D eigenvalue weighted by Gasteiger charge is -2.35. The molecule has 8 heteroatoms. The molecule has 3 rings (SSSR count). The lowest BCUT2D eigenvalue weighted by molar-refractivity contribution is 0.0855. The smallest absolute Gasteiger partial charge is 0.252 e. The zero-order valence-corrected chi connectivity index (χ0v) is 18.2. The number of nitrogens with zero attached hydrogens (tertiary/aromatic N) is 4. The molecule has 0 radical (unpaired) electrons. The van der Waals surface area contributed by atoms with Crippen LogP contribution >= 0.6 is 11.6 Å². The summed E-state index contributed by atoms with van der Waals surface area (Å²) in [5, 5.41) is 20.0. The summed E-state index contributed by atoms with van der Waals surface area (Å²) < 4.78 is 0. The molecule has 2 unspecified atom stereocenters. The van der Waals surface area contributed by atoms with Gasteiger partial charge in [-0.25, -0.2) is 5.01 Å². The Labute approximate surface area is 182 Å². The molecule has 1 aromatic carbocycles. The monoisotopic (exact) mass is 426 g/mol. The van der Waals surface area contributed by atoms with Crippen LogP contribution in [0.25, 0.3) is 0 Å². The first-order chi connectivity index (χ1) is 14.4. The summed E-state index contributed by atoms with van der Waals surface area (Å²) in [6.45, 7) is 6.39. The van der Waals surface area contributed by atoms with E-state index in [0.717, 1.165) is 24.9 Å². The number of hydrogen-bond donors (Lipinski definition) is 2. The summed E-state index contributed by atoms with van der Waals surface area (Å²) in [6.07, 6.45) is 7.89. The average Bonchev–Trinajstić information content (AvgIpc) is 3.45. The number of carbonyl (C=O) groups is 1. The average molecular weight is 427 g/mol. The Balaban J connectivity index is 1.78. The number of hydrogen-bond acceptors (Lipinski definition) is 6. The maximum atomic E-state index is 12.9. The molecule has 1 aliphatic heterocycles. The minimum absolute atomic E-state index is 0.189. The van der Waals surface area contributed by atoms with Gasteiger partial charge in [0.15, 0.2) is 0 Å². The second-order valence-corrected chi connectivity index (χ2v) is 8.48. The fourth-order valence-corrected chi connectivity index (χ4v) is 3.50. The first-order valence-electron chi connectivity index (χ1n) is 10.1. The Morgan fingerprint density at radius 1 is 1.33 bits per heavy atom. The molecule has 0 bridgehead atoms. The van der Waals surface area contributed by atoms with Crippen molar-refractivity contribution in [3.05, 3.63) is 59.4 Å². The van der Waals surface area contributed by atoms with Crippen molar-refractivity contribution in [3.8, 4) is 6.19 Å². The lowest BCUT2D eigenvalue weighted by Crippen LogP contribution is -2.56. The van der Waals surface area contributed by atoms with Crippen molar-refractivity contribution in [3.63, 3.8) is 0 Å². The molecule has 7 nitrogen and oxygen atoms in total. The third-order valence-electron chi connectivity index (χ3n) is 5.31. The number of amides is 1. The van der Waals surface area contributed by atoms with E-state index in [4.69, 9.17) is 11.6 Å². The highest BCUT2D eigenvalue weighted by Crippen LogP contribution is 2.34. The summed E-state index contributed by atoms with van der Waals surface area (Å²) in [7, 11) is 0. The van der Waals surface area contributed by atoms with Crippen LogP contribution in [0.1, 0.15) is 50.4 Å². The normalized spacial score (nSPS) is 16.7. The quantitative estimate of drug-likeness (QED) is 0.357. The van der Waals surface area contributed by atoms with Gasteiger partial charge < -0.3 is 5.32 Å². The van der Waals surface area contributed by atoms with Crippen LogP contribution < -0.4 is 15.6 Å². The molecule has 1 fully saturated rings. The fourth-order valence-electron chi connectivity index (χ4n) is 3.37. The van der Waals surface area contributed by atoms with Crippen LogP contribution in [0.3, 0.4) is 0 Å². The molecule has 2 N–H and O–H groups in total. The van der Waals surface area contributed by atoms with E-state index in [1.54, 1.807) is 36.7 Å². The summed E-state index contributed by atoms with van der Waals surface area (Å²) in [5.74, 6) is -0.189. The Hall–Kier alpha value is -2.82. The minimum Gasteiger partial charge on any atom is -0.336 e. The highest BCUT2D eigenvalue weighted by Gasteiger charge is 2.49. The Kier molecular flexibility index (Phi) is 6.80. The number of hydrazine groups is 1. The number of unbranched alkanes of at least 4 members (excludes halogenated alkanes) is 1. The third-order valence-corrected chi connectivity index (χ3v) is 5.56. The Morgan fingerprint density at radius 3 is 2.67 bits per heavy atom. The molecule has 158 valence electrons. The van der Waals surface area contributed by atoms with Crippen LogP contribution in [0.2, 0.25) is 5.02 Å². The molecule has 30 heavy (non-hydrogen) atoms. The van der Waals surface area contributed by atoms with Gasteiger partial charge in [-0.05, 0) is 48.2 Å². The molecule has 2 heterocycles. The summed E-state index contributed by atoms with van der Waals surface area (Å²) in [5.41, 5.74) is 1.11. The first-order valence-corrected chi connectivity index (χ1v) is 10.5.